The van der Waals surface area contributed by atoms with Crippen molar-refractivity contribution in [2.75, 3.05) is 6.61 Å². The van der Waals surface area contributed by atoms with Crippen LogP contribution in [0.4, 0.5) is 8.78 Å². The molecule has 0 aliphatic heterocycles. The molecule has 0 unspecified atom stereocenters. The minimum Gasteiger partial charge on any atom is -0.360 e. The molecule has 0 saturated carbocycles. The van der Waals surface area contributed by atoms with Crippen LogP contribution in [-0.2, 0) is 17.9 Å². The molecule has 0 radical (unpaired) electrons. The average Bonchev–Trinajstić information content (AvgIpc) is 3.18. The molecule has 2 aromatic carbocycles. The number of ether oxygens (including phenoxy) is 1. The fraction of sp³-hybridized carbons (Fsp3) is 0.269. The minimum atomic E-state index is -1.14. The molecule has 4 rings (SSSR count). The highest BCUT2D eigenvalue weighted by Gasteiger charge is 2.17. The monoisotopic (exact) mass is 479 g/mol. The molecule has 0 aliphatic carbocycles. The summed E-state index contributed by atoms with van der Waals surface area (Å²) in [7, 11) is -1.14. The second kappa shape index (κ2) is 9.95. The lowest BCUT2D eigenvalue weighted by Crippen LogP contribution is -2.22. The third-order valence-corrected chi connectivity index (χ3v) is 7.26. The standard InChI is InChI=1S/C26H27F2N3O2Si/c1-34(2,3)11-10-33-17-31-24-9-4-18(12-20(24)15-30-31)13-25(32)26-23(14-22(28)16-29-26)19-5-7-21(27)8-6-19/h4-9,12,14-16H,10-11,13,17H2,1-3H3. The maximum absolute atomic E-state index is 13.9. The number of hydrogen-bond donors (Lipinski definition) is 0. The third kappa shape index (κ3) is 5.81. The van der Waals surface area contributed by atoms with Gasteiger partial charge in [-0.2, -0.15) is 5.10 Å². The van der Waals surface area contributed by atoms with Crippen molar-refractivity contribution >= 4 is 24.8 Å². The summed E-state index contributed by atoms with van der Waals surface area (Å²) in [6.45, 7) is 8.03. The average molecular weight is 480 g/mol. The van der Waals surface area contributed by atoms with Crippen molar-refractivity contribution in [1.82, 2.24) is 14.8 Å². The number of fused-ring (bicyclic) bond motifs is 1. The Morgan fingerprint density at radius 1 is 1.00 bits per heavy atom. The number of hydrogen-bond acceptors (Lipinski definition) is 4. The molecule has 5 nitrogen and oxygen atoms in total. The molecule has 0 amide bonds. The Kier molecular flexibility index (Phi) is 6.99. The Morgan fingerprint density at radius 2 is 1.76 bits per heavy atom. The lowest BCUT2D eigenvalue weighted by atomic mass is 9.98. The van der Waals surface area contributed by atoms with E-state index in [2.05, 4.69) is 29.7 Å². The van der Waals surface area contributed by atoms with Gasteiger partial charge in [0.2, 0.25) is 0 Å². The van der Waals surface area contributed by atoms with Gasteiger partial charge in [0.25, 0.3) is 0 Å². The second-order valence-electron chi connectivity index (χ2n) is 9.54. The van der Waals surface area contributed by atoms with Crippen molar-refractivity contribution in [2.45, 2.75) is 38.8 Å². The molecule has 176 valence electrons. The quantitative estimate of drug-likeness (QED) is 0.165. The predicted molar refractivity (Wildman–Crippen MR) is 131 cm³/mol. The van der Waals surface area contributed by atoms with Gasteiger partial charge in [0.1, 0.15) is 24.1 Å². The van der Waals surface area contributed by atoms with Crippen molar-refractivity contribution in [2.24, 2.45) is 0 Å². The van der Waals surface area contributed by atoms with Crippen LogP contribution in [0.15, 0.2) is 60.9 Å². The van der Waals surface area contributed by atoms with E-state index in [0.29, 0.717) is 24.5 Å². The first kappa shape index (κ1) is 23.9. The van der Waals surface area contributed by atoms with Crippen LogP contribution in [0.5, 0.6) is 0 Å². The number of pyridine rings is 1. The topological polar surface area (TPSA) is 57.0 Å². The summed E-state index contributed by atoms with van der Waals surface area (Å²) >= 11 is 0. The predicted octanol–water partition coefficient (Wildman–Crippen LogP) is 6.11. The van der Waals surface area contributed by atoms with E-state index in [-0.39, 0.29) is 17.9 Å². The molecule has 34 heavy (non-hydrogen) atoms. The highest BCUT2D eigenvalue weighted by atomic mass is 28.3. The van der Waals surface area contributed by atoms with Crippen molar-refractivity contribution < 1.29 is 18.3 Å². The van der Waals surface area contributed by atoms with Gasteiger partial charge in [-0.1, -0.05) is 37.8 Å². The second-order valence-corrected chi connectivity index (χ2v) is 15.2. The van der Waals surface area contributed by atoms with Gasteiger partial charge in [-0.25, -0.2) is 18.4 Å². The van der Waals surface area contributed by atoms with Gasteiger partial charge in [0.05, 0.1) is 17.9 Å². The zero-order valence-electron chi connectivity index (χ0n) is 19.5. The molecule has 0 aliphatic rings. The number of benzene rings is 2. The van der Waals surface area contributed by atoms with E-state index in [4.69, 9.17) is 4.74 Å². The van der Waals surface area contributed by atoms with Gasteiger partial charge in [0, 0.05) is 32.1 Å². The van der Waals surface area contributed by atoms with Gasteiger partial charge in [-0.15, -0.1) is 0 Å². The molecule has 0 fully saturated rings. The Hall–Kier alpha value is -3.23. The van der Waals surface area contributed by atoms with Crippen LogP contribution < -0.4 is 0 Å². The highest BCUT2D eigenvalue weighted by Crippen LogP contribution is 2.25. The smallest absolute Gasteiger partial charge is 0.186 e. The first-order valence-electron chi connectivity index (χ1n) is 11.2. The van der Waals surface area contributed by atoms with Crippen LogP contribution in [0.1, 0.15) is 16.1 Å². The summed E-state index contributed by atoms with van der Waals surface area (Å²) in [6, 6.07) is 13.6. The van der Waals surface area contributed by atoms with Crippen molar-refractivity contribution in [1.29, 1.82) is 0 Å². The SMILES string of the molecule is C[Si](C)(C)CCOCn1ncc2cc(CC(=O)c3ncc(F)cc3-c3ccc(F)cc3)ccc21. The maximum Gasteiger partial charge on any atom is 0.186 e. The summed E-state index contributed by atoms with van der Waals surface area (Å²) < 4.78 is 34.8. The van der Waals surface area contributed by atoms with Crippen molar-refractivity contribution in [3.8, 4) is 11.1 Å². The Bertz CT molecular complexity index is 1310. The molecular formula is C26H27F2N3O2Si. The Balaban J connectivity index is 1.50. The van der Waals surface area contributed by atoms with Crippen LogP contribution >= 0.6 is 0 Å². The number of ketones is 1. The maximum atomic E-state index is 13.9. The van der Waals surface area contributed by atoms with Crippen LogP contribution in [0.2, 0.25) is 25.7 Å². The minimum absolute atomic E-state index is 0.0979. The molecule has 0 N–H and O–H groups in total. The molecule has 2 heterocycles. The van der Waals surface area contributed by atoms with E-state index in [0.717, 1.165) is 28.7 Å². The zero-order chi connectivity index (χ0) is 24.3. The lowest BCUT2D eigenvalue weighted by molar-refractivity contribution is 0.0817. The first-order chi connectivity index (χ1) is 16.2. The molecule has 0 saturated heterocycles. The van der Waals surface area contributed by atoms with Crippen molar-refractivity contribution in [3.63, 3.8) is 0 Å². The van der Waals surface area contributed by atoms with Crippen LogP contribution in [0, 0.1) is 11.6 Å². The summed E-state index contributed by atoms with van der Waals surface area (Å²) in [5.41, 5.74) is 2.75. The Morgan fingerprint density at radius 3 is 2.50 bits per heavy atom. The molecule has 0 atom stereocenters. The van der Waals surface area contributed by atoms with Crippen LogP contribution in [0.25, 0.3) is 22.0 Å². The fourth-order valence-electron chi connectivity index (χ4n) is 3.66. The van der Waals surface area contributed by atoms with Gasteiger partial charge >= 0.3 is 0 Å². The summed E-state index contributed by atoms with van der Waals surface area (Å²) in [6.07, 6.45) is 2.88. The van der Waals surface area contributed by atoms with E-state index < -0.39 is 19.7 Å². The molecule has 0 bridgehead atoms. The molecule has 4 aromatic rings. The number of rotatable bonds is 9. The van der Waals surface area contributed by atoms with E-state index >= 15 is 0 Å². The summed E-state index contributed by atoms with van der Waals surface area (Å²) in [5, 5.41) is 5.32. The Labute approximate surface area is 198 Å². The molecule has 0 spiro atoms. The largest absolute Gasteiger partial charge is 0.360 e. The third-order valence-electron chi connectivity index (χ3n) is 5.55. The molecular weight excluding hydrogens is 452 g/mol. The van der Waals surface area contributed by atoms with E-state index in [9.17, 15) is 13.6 Å². The van der Waals surface area contributed by atoms with E-state index in [1.54, 1.807) is 10.9 Å². The number of Topliss-reactive ketones (excluding diaryl/α,β-unsaturated/α-hetero) is 1. The normalized spacial score (nSPS) is 11.8. The van der Waals surface area contributed by atoms with Gasteiger partial charge < -0.3 is 4.74 Å². The van der Waals surface area contributed by atoms with Crippen molar-refractivity contribution in [3.05, 3.63) is 83.8 Å². The van der Waals surface area contributed by atoms with E-state index in [1.165, 1.54) is 30.3 Å². The van der Waals surface area contributed by atoms with Crippen LogP contribution in [-0.4, -0.2) is 35.2 Å². The lowest BCUT2D eigenvalue weighted by Gasteiger charge is -2.15. The summed E-state index contributed by atoms with van der Waals surface area (Å²) in [4.78, 5) is 17.1. The number of aromatic nitrogens is 3. The fourth-order valence-corrected chi connectivity index (χ4v) is 4.42. The van der Waals surface area contributed by atoms with Gasteiger partial charge in [0.15, 0.2) is 5.78 Å². The zero-order valence-corrected chi connectivity index (χ0v) is 20.5. The van der Waals surface area contributed by atoms with E-state index in [1.807, 2.05) is 18.2 Å². The van der Waals surface area contributed by atoms with Gasteiger partial charge in [-0.05, 0) is 47.5 Å². The number of nitrogens with zero attached hydrogens (tertiary/aromatic N) is 3. The molecule has 8 heteroatoms. The number of carbonyl (C=O) groups is 1. The number of carbonyl (C=O) groups excluding carboxylic acids is 1. The highest BCUT2D eigenvalue weighted by molar-refractivity contribution is 6.76. The van der Waals surface area contributed by atoms with Gasteiger partial charge in [-0.3, -0.25) is 4.79 Å². The van der Waals surface area contributed by atoms with Crippen LogP contribution in [0.3, 0.4) is 0 Å². The number of halogens is 2. The summed E-state index contributed by atoms with van der Waals surface area (Å²) in [5.74, 6) is -1.21. The molecule has 2 aromatic heterocycles. The first-order valence-corrected chi connectivity index (χ1v) is 14.9.